The Balaban J connectivity index is 3.93. The van der Waals surface area contributed by atoms with Crippen LogP contribution in [0.1, 0.15) is 39.5 Å². The summed E-state index contributed by atoms with van der Waals surface area (Å²) < 4.78 is 4.93. The lowest BCUT2D eigenvalue weighted by molar-refractivity contribution is -0.152. The van der Waals surface area contributed by atoms with E-state index in [9.17, 15) is 9.59 Å². The fraction of sp³-hybridized carbons (Fsp3) is 0.778. The van der Waals surface area contributed by atoms with E-state index < -0.39 is 12.1 Å². The molecular formula is C9H16O4. The molecule has 0 aromatic heterocycles. The molecule has 0 aromatic rings. The molecule has 13 heavy (non-hydrogen) atoms. The second-order valence-corrected chi connectivity index (χ2v) is 2.85. The number of hydrogen-bond acceptors (Lipinski definition) is 3. The molecule has 0 bridgehead atoms. The molecule has 1 atom stereocenters. The van der Waals surface area contributed by atoms with Gasteiger partial charge < -0.3 is 9.84 Å². The number of esters is 1. The van der Waals surface area contributed by atoms with Gasteiger partial charge in [0.15, 0.2) is 0 Å². The van der Waals surface area contributed by atoms with E-state index in [-0.39, 0.29) is 12.4 Å². The van der Waals surface area contributed by atoms with E-state index in [1.165, 1.54) is 0 Å². The lowest BCUT2D eigenvalue weighted by atomic mass is 10.1. The van der Waals surface area contributed by atoms with Gasteiger partial charge in [0, 0.05) is 6.42 Å². The van der Waals surface area contributed by atoms with E-state index >= 15 is 0 Å². The van der Waals surface area contributed by atoms with Crippen molar-refractivity contribution in [3.05, 3.63) is 0 Å². The first-order chi connectivity index (χ1) is 6.10. The molecule has 0 amide bonds. The Kier molecular flexibility index (Phi) is 5.93. The van der Waals surface area contributed by atoms with Gasteiger partial charge in [0.2, 0.25) is 0 Å². The third kappa shape index (κ3) is 6.13. The molecule has 1 unspecified atom stereocenters. The van der Waals surface area contributed by atoms with E-state index in [0.29, 0.717) is 12.8 Å². The monoisotopic (exact) mass is 188 g/mol. The summed E-state index contributed by atoms with van der Waals surface area (Å²) in [6.45, 7) is 3.61. The molecule has 0 heterocycles. The van der Waals surface area contributed by atoms with Crippen molar-refractivity contribution in [3.63, 3.8) is 0 Å². The van der Waals surface area contributed by atoms with Crippen molar-refractivity contribution >= 4 is 11.9 Å². The van der Waals surface area contributed by atoms with E-state index in [0.717, 1.165) is 6.42 Å². The molecule has 0 aliphatic heterocycles. The molecule has 0 radical (unpaired) electrons. The summed E-state index contributed by atoms with van der Waals surface area (Å²) in [6, 6.07) is 0. The Morgan fingerprint density at radius 2 is 2.00 bits per heavy atom. The van der Waals surface area contributed by atoms with Gasteiger partial charge in [0.1, 0.15) is 6.10 Å². The Bertz CT molecular complexity index is 176. The molecule has 0 spiro atoms. The quantitative estimate of drug-likeness (QED) is 0.643. The predicted molar refractivity (Wildman–Crippen MR) is 47.3 cm³/mol. The summed E-state index contributed by atoms with van der Waals surface area (Å²) in [7, 11) is 0. The molecule has 0 aliphatic rings. The van der Waals surface area contributed by atoms with Crippen molar-refractivity contribution in [3.8, 4) is 0 Å². The second kappa shape index (κ2) is 6.46. The van der Waals surface area contributed by atoms with Crippen LogP contribution in [-0.4, -0.2) is 23.1 Å². The summed E-state index contributed by atoms with van der Waals surface area (Å²) in [5.41, 5.74) is 0. The average Bonchev–Trinajstić information content (AvgIpc) is 2.03. The van der Waals surface area contributed by atoms with Crippen LogP contribution in [0.15, 0.2) is 0 Å². The molecule has 4 nitrogen and oxygen atoms in total. The van der Waals surface area contributed by atoms with Crippen LogP contribution >= 0.6 is 0 Å². The van der Waals surface area contributed by atoms with Gasteiger partial charge in [-0.05, 0) is 6.42 Å². The van der Waals surface area contributed by atoms with Gasteiger partial charge in [-0.25, -0.2) is 0 Å². The number of carbonyl (C=O) groups excluding carboxylic acids is 1. The zero-order valence-corrected chi connectivity index (χ0v) is 8.08. The summed E-state index contributed by atoms with van der Waals surface area (Å²) in [5.74, 6) is -1.26. The molecule has 76 valence electrons. The highest BCUT2D eigenvalue weighted by atomic mass is 16.5. The van der Waals surface area contributed by atoms with Crippen LogP contribution in [0.3, 0.4) is 0 Å². The second-order valence-electron chi connectivity index (χ2n) is 2.85. The largest absolute Gasteiger partial charge is 0.481 e. The van der Waals surface area contributed by atoms with Gasteiger partial charge in [0.25, 0.3) is 0 Å². The summed E-state index contributed by atoms with van der Waals surface area (Å²) in [6.07, 6.45) is 1.15. The van der Waals surface area contributed by atoms with Crippen LogP contribution in [0.4, 0.5) is 0 Å². The number of aliphatic carboxylic acids is 1. The first-order valence-electron chi connectivity index (χ1n) is 4.51. The van der Waals surface area contributed by atoms with E-state index in [1.807, 2.05) is 6.92 Å². The van der Waals surface area contributed by atoms with Crippen molar-refractivity contribution in [1.29, 1.82) is 0 Å². The minimum atomic E-state index is -0.928. The molecule has 0 aromatic carbocycles. The number of hydrogen-bond donors (Lipinski definition) is 1. The van der Waals surface area contributed by atoms with Gasteiger partial charge in [-0.3, -0.25) is 9.59 Å². The molecule has 4 heteroatoms. The minimum absolute atomic E-state index is 0.0976. The zero-order valence-electron chi connectivity index (χ0n) is 8.08. The third-order valence-electron chi connectivity index (χ3n) is 1.60. The van der Waals surface area contributed by atoms with Gasteiger partial charge in [-0.2, -0.15) is 0 Å². The number of carbonyl (C=O) groups is 2. The van der Waals surface area contributed by atoms with Crippen LogP contribution in [0.5, 0.6) is 0 Å². The van der Waals surface area contributed by atoms with Gasteiger partial charge in [-0.15, -0.1) is 0 Å². The fourth-order valence-corrected chi connectivity index (χ4v) is 0.989. The summed E-state index contributed by atoms with van der Waals surface area (Å²) >= 11 is 0. The maximum Gasteiger partial charge on any atom is 0.307 e. The standard InChI is InChI=1S/C9H16O4/c1-3-5-7(6-8(10)11)13-9(12)4-2/h7H,3-6H2,1-2H3,(H,10,11). The zero-order chi connectivity index (χ0) is 10.3. The molecule has 0 fully saturated rings. The highest BCUT2D eigenvalue weighted by molar-refractivity contribution is 5.71. The molecule has 0 aliphatic carbocycles. The molecule has 0 saturated carbocycles. The molecule has 0 rings (SSSR count). The Morgan fingerprint density at radius 1 is 1.38 bits per heavy atom. The van der Waals surface area contributed by atoms with Crippen LogP contribution in [-0.2, 0) is 14.3 Å². The van der Waals surface area contributed by atoms with Crippen LogP contribution in [0.2, 0.25) is 0 Å². The predicted octanol–water partition coefficient (Wildman–Crippen LogP) is 1.58. The van der Waals surface area contributed by atoms with Gasteiger partial charge in [0.05, 0.1) is 6.42 Å². The molecule has 0 saturated heterocycles. The summed E-state index contributed by atoms with van der Waals surface area (Å²) in [5, 5.41) is 8.50. The van der Waals surface area contributed by atoms with Crippen LogP contribution < -0.4 is 0 Å². The number of rotatable bonds is 6. The third-order valence-corrected chi connectivity index (χ3v) is 1.60. The van der Waals surface area contributed by atoms with Crippen LogP contribution in [0.25, 0.3) is 0 Å². The Morgan fingerprint density at radius 3 is 2.38 bits per heavy atom. The number of carboxylic acid groups (broad SMARTS) is 1. The fourth-order valence-electron chi connectivity index (χ4n) is 0.989. The Hall–Kier alpha value is -1.06. The van der Waals surface area contributed by atoms with Crippen molar-refractivity contribution in [2.45, 2.75) is 45.6 Å². The smallest absolute Gasteiger partial charge is 0.307 e. The number of carboxylic acids is 1. The van der Waals surface area contributed by atoms with Crippen molar-refractivity contribution < 1.29 is 19.4 Å². The molecule has 1 N–H and O–H groups in total. The highest BCUT2D eigenvalue weighted by Gasteiger charge is 2.15. The average molecular weight is 188 g/mol. The van der Waals surface area contributed by atoms with E-state index in [4.69, 9.17) is 9.84 Å². The highest BCUT2D eigenvalue weighted by Crippen LogP contribution is 2.08. The van der Waals surface area contributed by atoms with Crippen LogP contribution in [0, 0.1) is 0 Å². The minimum Gasteiger partial charge on any atom is -0.481 e. The lowest BCUT2D eigenvalue weighted by Crippen LogP contribution is -2.20. The van der Waals surface area contributed by atoms with Gasteiger partial charge >= 0.3 is 11.9 Å². The maximum absolute atomic E-state index is 10.9. The van der Waals surface area contributed by atoms with Gasteiger partial charge in [-0.1, -0.05) is 20.3 Å². The lowest BCUT2D eigenvalue weighted by Gasteiger charge is -2.14. The van der Waals surface area contributed by atoms with E-state index in [1.54, 1.807) is 6.92 Å². The number of ether oxygens (including phenoxy) is 1. The topological polar surface area (TPSA) is 63.6 Å². The van der Waals surface area contributed by atoms with Crippen molar-refractivity contribution in [2.24, 2.45) is 0 Å². The SMILES string of the molecule is CCCC(CC(=O)O)OC(=O)CC. The Labute approximate surface area is 77.9 Å². The molecular weight excluding hydrogens is 172 g/mol. The van der Waals surface area contributed by atoms with Crippen molar-refractivity contribution in [1.82, 2.24) is 0 Å². The van der Waals surface area contributed by atoms with E-state index in [2.05, 4.69) is 0 Å². The first kappa shape index (κ1) is 11.9. The normalized spacial score (nSPS) is 12.2. The van der Waals surface area contributed by atoms with Crippen molar-refractivity contribution in [2.75, 3.05) is 0 Å². The summed E-state index contributed by atoms with van der Waals surface area (Å²) in [4.78, 5) is 21.2. The first-order valence-corrected chi connectivity index (χ1v) is 4.51. The maximum atomic E-state index is 10.9.